The van der Waals surface area contributed by atoms with Crippen molar-refractivity contribution in [3.63, 3.8) is 0 Å². The van der Waals surface area contributed by atoms with E-state index < -0.39 is 29.8 Å². The Morgan fingerprint density at radius 2 is 1.79 bits per heavy atom. The van der Waals surface area contributed by atoms with Gasteiger partial charge in [0, 0.05) is 10.0 Å². The zero-order valence-corrected chi connectivity index (χ0v) is 17.8. The lowest BCUT2D eigenvalue weighted by atomic mass is 10.1. The Kier molecular flexibility index (Phi) is 7.13. The Morgan fingerprint density at radius 1 is 1.07 bits per heavy atom. The van der Waals surface area contributed by atoms with Crippen molar-refractivity contribution < 1.29 is 19.1 Å². The van der Waals surface area contributed by atoms with E-state index in [4.69, 9.17) is 10.00 Å². The van der Waals surface area contributed by atoms with Crippen LogP contribution < -0.4 is 10.6 Å². The van der Waals surface area contributed by atoms with E-state index in [9.17, 15) is 14.4 Å². The van der Waals surface area contributed by atoms with Gasteiger partial charge in [0.1, 0.15) is 5.60 Å². The number of ketones is 1. The zero-order chi connectivity index (χ0) is 21.6. The number of Topliss-reactive ketones (excluding diaryl/α,β-unsaturated/α-hetero) is 1. The molecular weight excluding hydrogens is 438 g/mol. The summed E-state index contributed by atoms with van der Waals surface area (Å²) in [5.41, 5.74) is 0.587. The summed E-state index contributed by atoms with van der Waals surface area (Å²) in [4.78, 5) is 36.7. The zero-order valence-electron chi connectivity index (χ0n) is 16.2. The molecule has 2 N–H and O–H groups in total. The Morgan fingerprint density at radius 3 is 2.45 bits per heavy atom. The number of nitrogens with zero attached hydrogens (tertiary/aromatic N) is 1. The molecule has 0 aliphatic carbocycles. The maximum atomic E-state index is 12.4. The topological polar surface area (TPSA) is 108 Å². The summed E-state index contributed by atoms with van der Waals surface area (Å²) in [6.07, 6.45) is -1.08. The Hall–Kier alpha value is -3.18. The summed E-state index contributed by atoms with van der Waals surface area (Å²) in [5.74, 6) is -0.973. The average molecular weight is 458 g/mol. The minimum absolute atomic E-state index is 0.278. The smallest absolute Gasteiger partial charge is 0.412 e. The molecule has 0 radical (unpaired) electrons. The largest absolute Gasteiger partial charge is 0.444 e. The molecule has 0 fully saturated rings. The van der Waals surface area contributed by atoms with Crippen LogP contribution in [0.2, 0.25) is 0 Å². The van der Waals surface area contributed by atoms with Gasteiger partial charge >= 0.3 is 6.09 Å². The van der Waals surface area contributed by atoms with Crippen LogP contribution in [0.15, 0.2) is 46.9 Å². The lowest BCUT2D eigenvalue weighted by molar-refractivity contribution is -0.115. The van der Waals surface area contributed by atoms with Crippen molar-refractivity contribution in [3.8, 4) is 6.07 Å². The molecule has 0 heterocycles. The van der Waals surface area contributed by atoms with Crippen molar-refractivity contribution in [3.05, 3.63) is 58.1 Å². The molecule has 29 heavy (non-hydrogen) atoms. The molecule has 2 aromatic carbocycles. The number of nitrogens with one attached hydrogen (secondary N) is 2. The molecule has 2 amide bonds. The number of nitriles is 1. The van der Waals surface area contributed by atoms with E-state index in [1.807, 2.05) is 6.07 Å². The molecule has 0 saturated carbocycles. The van der Waals surface area contributed by atoms with Crippen LogP contribution in [0.5, 0.6) is 0 Å². The van der Waals surface area contributed by atoms with Crippen LogP contribution in [0.3, 0.4) is 0 Å². The summed E-state index contributed by atoms with van der Waals surface area (Å²) in [6.45, 7) is 5.22. The average Bonchev–Trinajstić information content (AvgIpc) is 2.62. The van der Waals surface area contributed by atoms with Gasteiger partial charge in [-0.25, -0.2) is 4.79 Å². The number of amides is 2. The Balaban J connectivity index is 2.11. The van der Waals surface area contributed by atoms with Crippen molar-refractivity contribution >= 4 is 45.1 Å². The molecule has 8 heteroatoms. The van der Waals surface area contributed by atoms with Crippen LogP contribution >= 0.6 is 15.9 Å². The summed E-state index contributed by atoms with van der Waals surface area (Å²) >= 11 is 3.31. The maximum absolute atomic E-state index is 12.4. The van der Waals surface area contributed by atoms with Crippen LogP contribution in [-0.2, 0) is 9.53 Å². The highest BCUT2D eigenvalue weighted by atomic mass is 79.9. The first-order valence-electron chi connectivity index (χ1n) is 8.70. The summed E-state index contributed by atoms with van der Waals surface area (Å²) in [6, 6.07) is 13.0. The van der Waals surface area contributed by atoms with E-state index in [0.717, 1.165) is 0 Å². The second kappa shape index (κ2) is 9.34. The fourth-order valence-electron chi connectivity index (χ4n) is 2.35. The van der Waals surface area contributed by atoms with E-state index >= 15 is 0 Å². The summed E-state index contributed by atoms with van der Waals surface area (Å²) in [5, 5.41) is 14.1. The third kappa shape index (κ3) is 7.05. The molecule has 7 nitrogen and oxygen atoms in total. The molecule has 0 bridgehead atoms. The SMILES string of the molecule is CC(C)(C)OC(=O)Nc1ccc(Br)cc1NC(=O)CC(=O)c1cccc(C#N)c1. The maximum Gasteiger partial charge on any atom is 0.412 e. The quantitative estimate of drug-likeness (QED) is 0.491. The first-order valence-corrected chi connectivity index (χ1v) is 9.49. The van der Waals surface area contributed by atoms with Crippen LogP contribution in [-0.4, -0.2) is 23.4 Å². The highest BCUT2D eigenvalue weighted by Crippen LogP contribution is 2.27. The number of benzene rings is 2. The van der Waals surface area contributed by atoms with Crippen LogP contribution in [0.4, 0.5) is 16.2 Å². The number of hydrogen-bond donors (Lipinski definition) is 2. The van der Waals surface area contributed by atoms with E-state index in [1.165, 1.54) is 6.07 Å². The second-order valence-corrected chi connectivity index (χ2v) is 8.07. The second-order valence-electron chi connectivity index (χ2n) is 7.16. The molecule has 0 aliphatic heterocycles. The standard InChI is InChI=1S/C21H20BrN3O4/c1-21(2,3)29-20(28)25-16-8-7-15(22)10-17(16)24-19(27)11-18(26)14-6-4-5-13(9-14)12-23/h4-10H,11H2,1-3H3,(H,24,27)(H,25,28). The normalized spacial score (nSPS) is 10.6. The van der Waals surface area contributed by atoms with Gasteiger partial charge in [0.25, 0.3) is 0 Å². The monoisotopic (exact) mass is 457 g/mol. The van der Waals surface area contributed by atoms with Crippen molar-refractivity contribution in [1.82, 2.24) is 0 Å². The molecule has 2 aromatic rings. The molecule has 150 valence electrons. The van der Waals surface area contributed by atoms with Crippen molar-refractivity contribution in [2.24, 2.45) is 0 Å². The molecule has 0 unspecified atom stereocenters. The minimum Gasteiger partial charge on any atom is -0.444 e. The van der Waals surface area contributed by atoms with Gasteiger partial charge in [0.15, 0.2) is 5.78 Å². The molecule has 0 aromatic heterocycles. The van der Waals surface area contributed by atoms with Gasteiger partial charge in [0.05, 0.1) is 29.4 Å². The van der Waals surface area contributed by atoms with E-state index in [2.05, 4.69) is 26.6 Å². The van der Waals surface area contributed by atoms with Crippen molar-refractivity contribution in [1.29, 1.82) is 5.26 Å². The number of carbonyl (C=O) groups is 3. The summed E-state index contributed by atoms with van der Waals surface area (Å²) in [7, 11) is 0. The van der Waals surface area contributed by atoms with E-state index in [0.29, 0.717) is 21.4 Å². The van der Waals surface area contributed by atoms with Gasteiger partial charge < -0.3 is 10.1 Å². The number of ether oxygens (including phenoxy) is 1. The van der Waals surface area contributed by atoms with Crippen LogP contribution in [0.1, 0.15) is 43.1 Å². The third-order valence-electron chi connectivity index (χ3n) is 3.53. The predicted octanol–water partition coefficient (Wildman–Crippen LogP) is 4.88. The lowest BCUT2D eigenvalue weighted by Gasteiger charge is -2.20. The van der Waals surface area contributed by atoms with Gasteiger partial charge in [-0.05, 0) is 51.1 Å². The first kappa shape index (κ1) is 22.1. The molecule has 2 rings (SSSR count). The van der Waals surface area contributed by atoms with Gasteiger partial charge in [-0.3, -0.25) is 14.9 Å². The third-order valence-corrected chi connectivity index (χ3v) is 4.02. The summed E-state index contributed by atoms with van der Waals surface area (Å²) < 4.78 is 5.90. The number of carbonyl (C=O) groups excluding carboxylic acids is 3. The Labute approximate surface area is 177 Å². The minimum atomic E-state index is -0.673. The van der Waals surface area contributed by atoms with Gasteiger partial charge in [0.2, 0.25) is 5.91 Å². The molecule has 0 aliphatic rings. The van der Waals surface area contributed by atoms with Crippen LogP contribution in [0.25, 0.3) is 0 Å². The molecule has 0 atom stereocenters. The highest BCUT2D eigenvalue weighted by Gasteiger charge is 2.19. The van der Waals surface area contributed by atoms with Crippen LogP contribution in [0, 0.1) is 11.3 Å². The molecule has 0 saturated heterocycles. The molecule has 0 spiro atoms. The van der Waals surface area contributed by atoms with E-state index in [1.54, 1.807) is 57.2 Å². The first-order chi connectivity index (χ1) is 13.6. The van der Waals surface area contributed by atoms with E-state index in [-0.39, 0.29) is 5.56 Å². The Bertz CT molecular complexity index is 990. The van der Waals surface area contributed by atoms with Gasteiger partial charge in [-0.15, -0.1) is 0 Å². The number of halogens is 1. The lowest BCUT2D eigenvalue weighted by Crippen LogP contribution is -2.27. The fraction of sp³-hybridized carbons (Fsp3) is 0.238. The van der Waals surface area contributed by atoms with Gasteiger partial charge in [-0.1, -0.05) is 28.1 Å². The number of hydrogen-bond acceptors (Lipinski definition) is 5. The number of anilines is 2. The van der Waals surface area contributed by atoms with Crippen molar-refractivity contribution in [2.45, 2.75) is 32.8 Å². The van der Waals surface area contributed by atoms with Crippen molar-refractivity contribution in [2.75, 3.05) is 10.6 Å². The molecular formula is C21H20BrN3O4. The van der Waals surface area contributed by atoms with Gasteiger partial charge in [-0.2, -0.15) is 5.26 Å². The predicted molar refractivity (Wildman–Crippen MR) is 113 cm³/mol. The highest BCUT2D eigenvalue weighted by molar-refractivity contribution is 9.10. The fourth-order valence-corrected chi connectivity index (χ4v) is 2.71. The number of rotatable bonds is 5.